The van der Waals surface area contributed by atoms with Gasteiger partial charge in [0.1, 0.15) is 17.7 Å². The van der Waals surface area contributed by atoms with Gasteiger partial charge in [0.05, 0.1) is 43.0 Å². The maximum absolute atomic E-state index is 13.6. The van der Waals surface area contributed by atoms with Crippen molar-refractivity contribution in [2.75, 3.05) is 20.2 Å². The fraction of sp³-hybridized carbons (Fsp3) is 0.463. The first kappa shape index (κ1) is 37.6. The molecule has 5 N–H and O–H groups in total. The summed E-state index contributed by atoms with van der Waals surface area (Å²) in [6.07, 6.45) is 8.41. The molecule has 4 heterocycles. The van der Waals surface area contributed by atoms with Crippen LogP contribution in [0.25, 0.3) is 33.6 Å². The maximum atomic E-state index is 13.6. The molecule has 55 heavy (non-hydrogen) atoms. The predicted octanol–water partition coefficient (Wildman–Crippen LogP) is 6.67. The highest BCUT2D eigenvalue weighted by Crippen LogP contribution is 2.37. The molecule has 4 aromatic rings. The largest absolute Gasteiger partial charge is 0.465 e. The van der Waals surface area contributed by atoms with Crippen LogP contribution >= 0.6 is 0 Å². The fourth-order valence-corrected chi connectivity index (χ4v) is 8.39. The number of ether oxygens (including phenoxy) is 1. The highest BCUT2D eigenvalue weighted by molar-refractivity contribution is 5.86. The second kappa shape index (κ2) is 16.4. The molecule has 2 aliphatic heterocycles. The van der Waals surface area contributed by atoms with Gasteiger partial charge in [-0.05, 0) is 79.5 Å². The third-order valence-corrected chi connectivity index (χ3v) is 11.4. The Balaban J connectivity index is 0.968. The zero-order valence-electron chi connectivity index (χ0n) is 31.6. The average Bonchev–Trinajstić information content (AvgIpc) is 4.03. The van der Waals surface area contributed by atoms with Crippen LogP contribution < -0.4 is 10.6 Å². The molecule has 14 heteroatoms. The van der Waals surface area contributed by atoms with Crippen LogP contribution in [-0.2, 0) is 14.3 Å². The first-order valence-corrected chi connectivity index (χ1v) is 19.4. The highest BCUT2D eigenvalue weighted by Gasteiger charge is 2.38. The number of hydrogen-bond acceptors (Lipinski definition) is 7. The maximum Gasteiger partial charge on any atom is 0.407 e. The molecule has 3 fully saturated rings. The molecular formula is C41H50N8O6. The van der Waals surface area contributed by atoms with Crippen molar-refractivity contribution in [2.45, 2.75) is 89.4 Å². The Labute approximate surface area is 320 Å². The molecule has 1 saturated carbocycles. The van der Waals surface area contributed by atoms with Gasteiger partial charge in [0.25, 0.3) is 0 Å². The minimum atomic E-state index is -1.21. The summed E-state index contributed by atoms with van der Waals surface area (Å²) in [5, 5.41) is 14.5. The van der Waals surface area contributed by atoms with Crippen molar-refractivity contribution in [1.82, 2.24) is 40.4 Å². The summed E-state index contributed by atoms with van der Waals surface area (Å²) in [7, 11) is 1.36. The number of alkyl carbamates (subject to hydrolysis) is 1. The van der Waals surface area contributed by atoms with E-state index >= 15 is 0 Å². The van der Waals surface area contributed by atoms with Gasteiger partial charge < -0.3 is 40.2 Å². The van der Waals surface area contributed by atoms with Crippen molar-refractivity contribution >= 4 is 24.0 Å². The van der Waals surface area contributed by atoms with E-state index < -0.39 is 18.2 Å². The lowest BCUT2D eigenvalue weighted by atomic mass is 9.85. The molecule has 3 aliphatic rings. The molecule has 14 nitrogen and oxygen atoms in total. The van der Waals surface area contributed by atoms with Crippen molar-refractivity contribution in [3.63, 3.8) is 0 Å². The van der Waals surface area contributed by atoms with Crippen molar-refractivity contribution in [3.8, 4) is 33.6 Å². The number of carbonyl (C=O) groups is 4. The van der Waals surface area contributed by atoms with E-state index in [9.17, 15) is 24.3 Å². The summed E-state index contributed by atoms with van der Waals surface area (Å²) >= 11 is 0. The SMILES string of the molecule is COC(=O)NC1CCC(C(=O)N2CCC[C@H]2c2ncc(-c3ccc(-c4ccc(-c5cnc([C@@H]6CCCN6C(=O)[C@@H](NC(=O)O)C(C)C)[nH]5)cc4)cc3)[nH]2)CC1. The lowest BCUT2D eigenvalue weighted by Crippen LogP contribution is -2.50. The van der Waals surface area contributed by atoms with E-state index in [-0.39, 0.29) is 41.8 Å². The van der Waals surface area contributed by atoms with Crippen LogP contribution in [0.15, 0.2) is 60.9 Å². The first-order valence-electron chi connectivity index (χ1n) is 19.4. The number of rotatable bonds is 10. The van der Waals surface area contributed by atoms with E-state index in [4.69, 9.17) is 9.72 Å². The summed E-state index contributed by atoms with van der Waals surface area (Å²) in [5.74, 6) is 1.24. The van der Waals surface area contributed by atoms with Crippen LogP contribution in [-0.4, -0.2) is 91.1 Å². The molecule has 1 aliphatic carbocycles. The quantitative estimate of drug-likeness (QED) is 0.119. The minimum Gasteiger partial charge on any atom is -0.465 e. The van der Waals surface area contributed by atoms with Crippen LogP contribution in [0.5, 0.6) is 0 Å². The topological polar surface area (TPSA) is 186 Å². The molecule has 2 saturated heterocycles. The van der Waals surface area contributed by atoms with Gasteiger partial charge in [-0.25, -0.2) is 19.6 Å². The smallest absolute Gasteiger partial charge is 0.407 e. The molecule has 290 valence electrons. The highest BCUT2D eigenvalue weighted by atomic mass is 16.5. The second-order valence-corrected chi connectivity index (χ2v) is 15.3. The Morgan fingerprint density at radius 2 is 1.24 bits per heavy atom. The Morgan fingerprint density at radius 3 is 1.73 bits per heavy atom. The zero-order valence-corrected chi connectivity index (χ0v) is 31.6. The number of aromatic amines is 2. The molecule has 2 aromatic carbocycles. The number of hydrogen-bond donors (Lipinski definition) is 5. The molecular weight excluding hydrogens is 701 g/mol. The summed E-state index contributed by atoms with van der Waals surface area (Å²) in [4.78, 5) is 69.9. The number of H-pyrrole nitrogens is 2. The minimum absolute atomic E-state index is 0.0435. The molecule has 2 aromatic heterocycles. The van der Waals surface area contributed by atoms with Gasteiger partial charge in [-0.3, -0.25) is 9.59 Å². The van der Waals surface area contributed by atoms with E-state index in [1.54, 1.807) is 11.1 Å². The molecule has 0 spiro atoms. The van der Waals surface area contributed by atoms with Gasteiger partial charge in [-0.15, -0.1) is 0 Å². The molecule has 7 rings (SSSR count). The van der Waals surface area contributed by atoms with Crippen LogP contribution in [0.2, 0.25) is 0 Å². The number of amides is 4. The van der Waals surface area contributed by atoms with Crippen molar-refractivity contribution in [2.24, 2.45) is 11.8 Å². The normalized spacial score (nSPS) is 21.7. The van der Waals surface area contributed by atoms with Crippen LogP contribution in [0.1, 0.15) is 88.9 Å². The number of nitrogens with one attached hydrogen (secondary N) is 4. The van der Waals surface area contributed by atoms with E-state index in [0.29, 0.717) is 12.4 Å². The summed E-state index contributed by atoms with van der Waals surface area (Å²) in [6.45, 7) is 4.95. The van der Waals surface area contributed by atoms with Crippen LogP contribution in [0, 0.1) is 11.8 Å². The zero-order chi connectivity index (χ0) is 38.6. The number of methoxy groups -OCH3 is 1. The average molecular weight is 751 g/mol. The van der Waals surface area contributed by atoms with Crippen molar-refractivity contribution in [3.05, 3.63) is 72.6 Å². The van der Waals surface area contributed by atoms with E-state index in [1.165, 1.54) is 7.11 Å². The van der Waals surface area contributed by atoms with E-state index in [2.05, 4.69) is 62.0 Å². The Bertz CT molecular complexity index is 1980. The van der Waals surface area contributed by atoms with Gasteiger partial charge in [-0.1, -0.05) is 62.4 Å². The molecule has 3 atom stereocenters. The summed E-state index contributed by atoms with van der Waals surface area (Å²) in [6, 6.07) is 15.5. The Morgan fingerprint density at radius 1 is 0.745 bits per heavy atom. The van der Waals surface area contributed by atoms with Gasteiger partial charge in [0.15, 0.2) is 0 Å². The van der Waals surface area contributed by atoms with Gasteiger partial charge in [0.2, 0.25) is 11.8 Å². The number of benzene rings is 2. The number of imidazole rings is 2. The number of carbonyl (C=O) groups excluding carboxylic acids is 3. The van der Waals surface area contributed by atoms with E-state index in [0.717, 1.165) is 97.4 Å². The molecule has 0 radical (unpaired) electrons. The lowest BCUT2D eigenvalue weighted by molar-refractivity contribution is -0.138. The first-order chi connectivity index (χ1) is 26.6. The Kier molecular flexibility index (Phi) is 11.2. The third-order valence-electron chi connectivity index (χ3n) is 11.4. The van der Waals surface area contributed by atoms with Crippen LogP contribution in [0.4, 0.5) is 9.59 Å². The number of nitrogens with zero attached hydrogens (tertiary/aromatic N) is 4. The number of carboxylic acid groups (broad SMARTS) is 1. The molecule has 0 bridgehead atoms. The Hall–Kier alpha value is -5.66. The third kappa shape index (κ3) is 8.23. The van der Waals surface area contributed by atoms with Gasteiger partial charge in [-0.2, -0.15) is 0 Å². The number of aromatic nitrogens is 4. The predicted molar refractivity (Wildman–Crippen MR) is 205 cm³/mol. The fourth-order valence-electron chi connectivity index (χ4n) is 8.39. The van der Waals surface area contributed by atoms with Crippen molar-refractivity contribution in [1.29, 1.82) is 0 Å². The van der Waals surface area contributed by atoms with Crippen molar-refractivity contribution < 1.29 is 29.0 Å². The number of likely N-dealkylation sites (tertiary alicyclic amines) is 2. The van der Waals surface area contributed by atoms with Gasteiger partial charge in [0, 0.05) is 25.0 Å². The van der Waals surface area contributed by atoms with Crippen LogP contribution in [0.3, 0.4) is 0 Å². The molecule has 4 amide bonds. The monoisotopic (exact) mass is 750 g/mol. The van der Waals surface area contributed by atoms with E-state index in [1.807, 2.05) is 37.1 Å². The standard InChI is InChI=1S/C41H50N8O6/c1-24(2)35(47-40(52)53)39(51)49-21-5-7-34(49)37-43-23-32(46-37)28-14-10-26(11-15-28)25-8-12-27(13-9-25)31-22-42-36(45-31)33-6-4-20-48(33)38(50)29-16-18-30(19-17-29)44-41(54)55-3/h8-15,22-24,29-30,33-35,47H,4-7,16-21H2,1-3H3,(H,42,45)(H,43,46)(H,44,54)(H,52,53)/t29?,30?,33-,34-,35-/m0/s1. The van der Waals surface area contributed by atoms with Gasteiger partial charge >= 0.3 is 12.2 Å². The summed E-state index contributed by atoms with van der Waals surface area (Å²) < 4.78 is 4.73. The lowest BCUT2D eigenvalue weighted by Gasteiger charge is -2.32. The second-order valence-electron chi connectivity index (χ2n) is 15.3. The molecule has 0 unspecified atom stereocenters. The summed E-state index contributed by atoms with van der Waals surface area (Å²) in [5.41, 5.74) is 5.86.